The molecule has 0 N–H and O–H groups in total. The van der Waals surface area contributed by atoms with E-state index in [-0.39, 0.29) is 51.4 Å². The Labute approximate surface area is 284 Å². The van der Waals surface area contributed by atoms with Gasteiger partial charge in [-0.2, -0.15) is 42.6 Å². The fourth-order valence-electron chi connectivity index (χ4n) is 7.13. The van der Waals surface area contributed by atoms with E-state index in [1.807, 2.05) is 17.9 Å². The van der Waals surface area contributed by atoms with E-state index in [0.717, 1.165) is 59.5 Å². The molecular formula is C33H43N9O2S2. The lowest BCUT2D eigenvalue weighted by Gasteiger charge is -2.43. The molecule has 2 aromatic heterocycles. The molecule has 0 unspecified atom stereocenters. The van der Waals surface area contributed by atoms with E-state index < -0.39 is 0 Å². The highest BCUT2D eigenvalue weighted by atomic mass is 32.1. The van der Waals surface area contributed by atoms with Crippen molar-refractivity contribution < 1.29 is 9.53 Å². The van der Waals surface area contributed by atoms with E-state index in [4.69, 9.17) is 9.72 Å². The van der Waals surface area contributed by atoms with Crippen LogP contribution in [0, 0.1) is 29.6 Å². The molecular weight excluding hydrogens is 619 g/mol. The van der Waals surface area contributed by atoms with Gasteiger partial charge >= 0.3 is 0 Å². The van der Waals surface area contributed by atoms with Crippen LogP contribution in [-0.2, 0) is 24.8 Å². The molecule has 3 aromatic rings. The van der Waals surface area contributed by atoms with Crippen molar-refractivity contribution in [2.45, 2.75) is 51.2 Å². The number of aromatic nitrogens is 3. The predicted molar refractivity (Wildman–Crippen MR) is 189 cm³/mol. The molecule has 11 nitrogen and oxygen atoms in total. The van der Waals surface area contributed by atoms with Crippen LogP contribution >= 0.6 is 27.0 Å². The number of pyridine rings is 1. The highest BCUT2D eigenvalue weighted by Crippen LogP contribution is 2.40. The number of amides is 1. The maximum absolute atomic E-state index is 12.6. The zero-order valence-corrected chi connectivity index (χ0v) is 28.8. The molecule has 13 heteroatoms. The third-order valence-electron chi connectivity index (χ3n) is 9.49. The molecule has 1 aromatic carbocycles. The molecule has 0 aliphatic carbocycles. The number of nitriles is 2. The average Bonchev–Trinajstić information content (AvgIpc) is 3.62. The van der Waals surface area contributed by atoms with Gasteiger partial charge in [0.25, 0.3) is 0 Å². The summed E-state index contributed by atoms with van der Waals surface area (Å²) in [6, 6.07) is 8.90. The van der Waals surface area contributed by atoms with Crippen molar-refractivity contribution in [1.82, 2.24) is 24.6 Å². The summed E-state index contributed by atoms with van der Waals surface area (Å²) in [6.45, 7) is 10.0. The van der Waals surface area contributed by atoms with Gasteiger partial charge in [-0.25, -0.2) is 4.98 Å². The zero-order chi connectivity index (χ0) is 31.0. The van der Waals surface area contributed by atoms with Crippen molar-refractivity contribution in [1.29, 1.82) is 10.5 Å². The smallest absolute Gasteiger partial charge is 0.246 e. The highest BCUT2D eigenvalue weighted by molar-refractivity contribution is 7.59. The zero-order valence-electron chi connectivity index (χ0n) is 26.8. The van der Waals surface area contributed by atoms with Crippen LogP contribution in [0.4, 0.5) is 11.4 Å². The minimum Gasteiger partial charge on any atom is -0.475 e. The number of carbonyl (C=O) groups is 1. The molecule has 0 spiro atoms. The Morgan fingerprint density at radius 3 is 2.61 bits per heavy atom. The molecule has 1 amide bonds. The lowest BCUT2D eigenvalue weighted by Crippen LogP contribution is -2.55. The lowest BCUT2D eigenvalue weighted by molar-refractivity contribution is -0.128. The quantitative estimate of drug-likeness (QED) is 0.351. The van der Waals surface area contributed by atoms with Gasteiger partial charge in [0.05, 0.1) is 53.9 Å². The standard InChI is InChI=1S/C33H39N9O2.2H2S/c1-5-30(43)42-16-15-41(19-23(42)10-12-34)32-25-11-14-40(31-22(2)8-9-29-27(31)18-36-39(29)4)20-28(25)37-33(26(32)17-35)44-21-24-7-6-13-38(24)3;;/h5,8-9,18,23-24H,1,6-7,10-11,13-16,19-21H2,2-4H3;2*1H2/t23-,24-;;/m0../s1. The van der Waals surface area contributed by atoms with Gasteiger partial charge in [-0.05, 0) is 57.5 Å². The van der Waals surface area contributed by atoms with Crippen molar-refractivity contribution in [2.24, 2.45) is 7.05 Å². The van der Waals surface area contributed by atoms with Gasteiger partial charge in [-0.3, -0.25) is 9.48 Å². The largest absolute Gasteiger partial charge is 0.475 e. The summed E-state index contributed by atoms with van der Waals surface area (Å²) < 4.78 is 8.30. The fraction of sp³-hybridized carbons (Fsp3) is 0.485. The van der Waals surface area contributed by atoms with E-state index in [1.165, 1.54) is 11.6 Å². The van der Waals surface area contributed by atoms with Gasteiger partial charge in [0.15, 0.2) is 0 Å². The maximum atomic E-state index is 12.6. The van der Waals surface area contributed by atoms with Crippen LogP contribution in [0.15, 0.2) is 31.0 Å². The van der Waals surface area contributed by atoms with E-state index in [9.17, 15) is 15.3 Å². The van der Waals surface area contributed by atoms with Gasteiger partial charge in [0.1, 0.15) is 18.2 Å². The highest BCUT2D eigenvalue weighted by Gasteiger charge is 2.35. The normalized spacial score (nSPS) is 19.5. The summed E-state index contributed by atoms with van der Waals surface area (Å²) in [4.78, 5) is 26.2. The van der Waals surface area contributed by atoms with Crippen molar-refractivity contribution >= 4 is 55.2 Å². The summed E-state index contributed by atoms with van der Waals surface area (Å²) in [6.07, 6.45) is 6.30. The maximum Gasteiger partial charge on any atom is 0.246 e. The fourth-order valence-corrected chi connectivity index (χ4v) is 7.13. The number of piperazine rings is 1. The second-order valence-electron chi connectivity index (χ2n) is 12.1. The van der Waals surface area contributed by atoms with Crippen molar-refractivity contribution in [2.75, 3.05) is 56.2 Å². The topological polar surface area (TPSA) is 118 Å². The number of likely N-dealkylation sites (tertiary alicyclic amines) is 1. The molecule has 244 valence electrons. The Morgan fingerprint density at radius 1 is 1.11 bits per heavy atom. The van der Waals surface area contributed by atoms with Crippen molar-refractivity contribution in [3.8, 4) is 18.0 Å². The van der Waals surface area contributed by atoms with Crippen LogP contribution in [0.2, 0.25) is 0 Å². The number of aryl methyl sites for hydroxylation is 2. The van der Waals surface area contributed by atoms with Crippen LogP contribution in [-0.4, -0.2) is 88.9 Å². The van der Waals surface area contributed by atoms with Crippen LogP contribution in [0.5, 0.6) is 5.88 Å². The first-order valence-electron chi connectivity index (χ1n) is 15.3. The third kappa shape index (κ3) is 6.37. The van der Waals surface area contributed by atoms with Crippen LogP contribution < -0.4 is 14.5 Å². The van der Waals surface area contributed by atoms with E-state index in [2.05, 4.69) is 64.6 Å². The first-order chi connectivity index (χ1) is 21.3. The van der Waals surface area contributed by atoms with E-state index in [1.54, 1.807) is 4.90 Å². The summed E-state index contributed by atoms with van der Waals surface area (Å²) in [5.41, 5.74) is 6.59. The van der Waals surface area contributed by atoms with Gasteiger partial charge < -0.3 is 24.3 Å². The van der Waals surface area contributed by atoms with Crippen molar-refractivity contribution in [3.63, 3.8) is 0 Å². The number of anilines is 2. The second-order valence-corrected chi connectivity index (χ2v) is 12.1. The molecule has 0 saturated carbocycles. The molecule has 0 bridgehead atoms. The first kappa shape index (κ1) is 35.0. The first-order valence-corrected chi connectivity index (χ1v) is 15.3. The van der Waals surface area contributed by atoms with Crippen LogP contribution in [0.1, 0.15) is 41.6 Å². The van der Waals surface area contributed by atoms with Gasteiger partial charge in [0, 0.05) is 50.2 Å². The van der Waals surface area contributed by atoms with Gasteiger partial charge in [-0.15, -0.1) is 0 Å². The van der Waals surface area contributed by atoms with Crippen molar-refractivity contribution in [3.05, 3.63) is 53.4 Å². The number of rotatable bonds is 7. The Hall–Kier alpha value is -3.91. The van der Waals surface area contributed by atoms with Gasteiger partial charge in [0.2, 0.25) is 11.8 Å². The number of ether oxygens (including phenoxy) is 1. The molecule has 2 atom stereocenters. The predicted octanol–water partition coefficient (Wildman–Crippen LogP) is 3.53. The number of benzene rings is 1. The minimum atomic E-state index is -0.308. The Bertz CT molecular complexity index is 1690. The number of hydrogen-bond acceptors (Lipinski definition) is 9. The van der Waals surface area contributed by atoms with E-state index in [0.29, 0.717) is 50.7 Å². The van der Waals surface area contributed by atoms with Gasteiger partial charge in [-0.1, -0.05) is 12.6 Å². The Morgan fingerprint density at radius 2 is 1.91 bits per heavy atom. The van der Waals surface area contributed by atoms with Crippen LogP contribution in [0.25, 0.3) is 10.9 Å². The molecule has 3 aliphatic heterocycles. The number of hydrogen-bond donors (Lipinski definition) is 0. The molecule has 2 fully saturated rings. The lowest BCUT2D eigenvalue weighted by atomic mass is 9.96. The summed E-state index contributed by atoms with van der Waals surface area (Å²) in [5.74, 6) is 0.184. The summed E-state index contributed by atoms with van der Waals surface area (Å²) in [7, 11) is 4.06. The monoisotopic (exact) mass is 661 g/mol. The molecule has 46 heavy (non-hydrogen) atoms. The molecule has 2 saturated heterocycles. The molecule has 6 rings (SSSR count). The number of carbonyl (C=O) groups excluding carboxylic acids is 1. The number of likely N-dealkylation sites (N-methyl/N-ethyl adjacent to an activating group) is 1. The minimum absolute atomic E-state index is 0. The molecule has 0 radical (unpaired) electrons. The summed E-state index contributed by atoms with van der Waals surface area (Å²) in [5, 5.41) is 25.8. The second kappa shape index (κ2) is 14.7. The average molecular weight is 662 g/mol. The Balaban J connectivity index is 0.00000240. The molecule has 3 aliphatic rings. The van der Waals surface area contributed by atoms with E-state index >= 15 is 0 Å². The van der Waals surface area contributed by atoms with Crippen LogP contribution in [0.3, 0.4) is 0 Å². The number of nitrogens with zero attached hydrogens (tertiary/aromatic N) is 9. The third-order valence-corrected chi connectivity index (χ3v) is 9.49. The number of fused-ring (bicyclic) bond motifs is 2. The Kier molecular flexibility index (Phi) is 11.1. The summed E-state index contributed by atoms with van der Waals surface area (Å²) >= 11 is 0. The molecule has 5 heterocycles. The SMILES string of the molecule is C=CC(=O)N1CCN(c2c(C#N)c(OC[C@@H]3CCCN3C)nc3c2CCN(c2c(C)ccc4c2cnn4C)C3)C[C@@H]1CC#N.S.S.